The van der Waals surface area contributed by atoms with Gasteiger partial charge < -0.3 is 5.43 Å². The summed E-state index contributed by atoms with van der Waals surface area (Å²) in [5.41, 5.74) is 3.83. The highest BCUT2D eigenvalue weighted by molar-refractivity contribution is 9.10. The van der Waals surface area contributed by atoms with Gasteiger partial charge in [0.2, 0.25) is 5.03 Å². The number of anilines is 2. The number of nitrogens with zero attached hydrogens (tertiary/aromatic N) is 1. The van der Waals surface area contributed by atoms with Gasteiger partial charge >= 0.3 is 0 Å². The smallest absolute Gasteiger partial charge is 0.281 e. The minimum Gasteiger partial charge on any atom is -0.321 e. The van der Waals surface area contributed by atoms with E-state index in [2.05, 4.69) is 31.1 Å². The van der Waals surface area contributed by atoms with Gasteiger partial charge in [0, 0.05) is 10.7 Å². The van der Waals surface area contributed by atoms with E-state index in [9.17, 15) is 8.42 Å². The zero-order valence-electron chi connectivity index (χ0n) is 10.6. The third-order valence-corrected chi connectivity index (χ3v) is 4.44. The Morgan fingerprint density at radius 1 is 1.25 bits per heavy atom. The Morgan fingerprint density at radius 3 is 2.70 bits per heavy atom. The van der Waals surface area contributed by atoms with Gasteiger partial charge in [-0.2, -0.15) is 8.42 Å². The van der Waals surface area contributed by atoms with Crippen LogP contribution in [0.4, 0.5) is 11.4 Å². The molecule has 0 atom stereocenters. The minimum atomic E-state index is -3.82. The van der Waals surface area contributed by atoms with Gasteiger partial charge in [0.15, 0.2) is 0 Å². The summed E-state index contributed by atoms with van der Waals surface area (Å²) < 4.78 is 28.0. The van der Waals surface area contributed by atoms with E-state index in [1.807, 2.05) is 19.1 Å². The molecule has 0 aliphatic carbocycles. The second-order valence-electron chi connectivity index (χ2n) is 4.07. The van der Waals surface area contributed by atoms with E-state index in [0.717, 1.165) is 10.0 Å². The Kier molecular flexibility index (Phi) is 4.26. The highest BCUT2D eigenvalue weighted by Gasteiger charge is 2.20. The molecule has 0 aliphatic heterocycles. The zero-order chi connectivity index (χ0) is 14.8. The number of aryl methyl sites for hydroxylation is 1. The average molecular weight is 357 g/mol. The van der Waals surface area contributed by atoms with Crippen LogP contribution in [0.3, 0.4) is 0 Å². The van der Waals surface area contributed by atoms with E-state index in [0.29, 0.717) is 5.69 Å². The second kappa shape index (κ2) is 5.78. The SMILES string of the molecule is Cc1ccc(Br)cc1NS(=O)(=O)c1ncccc1NN. The number of aromatic nitrogens is 1. The van der Waals surface area contributed by atoms with Crippen molar-refractivity contribution >= 4 is 37.3 Å². The molecule has 0 bridgehead atoms. The molecule has 0 saturated carbocycles. The Balaban J connectivity index is 2.43. The summed E-state index contributed by atoms with van der Waals surface area (Å²) in [6.45, 7) is 1.81. The summed E-state index contributed by atoms with van der Waals surface area (Å²) in [5.74, 6) is 5.30. The van der Waals surface area contributed by atoms with Crippen molar-refractivity contribution in [3.8, 4) is 0 Å². The van der Waals surface area contributed by atoms with E-state index in [1.54, 1.807) is 12.1 Å². The molecule has 4 N–H and O–H groups in total. The van der Waals surface area contributed by atoms with Gasteiger partial charge in [0.25, 0.3) is 10.0 Å². The van der Waals surface area contributed by atoms with E-state index < -0.39 is 10.0 Å². The number of hydrogen-bond donors (Lipinski definition) is 3. The third kappa shape index (κ3) is 3.09. The van der Waals surface area contributed by atoms with Crippen molar-refractivity contribution in [2.75, 3.05) is 10.1 Å². The molecule has 2 aromatic rings. The number of sulfonamides is 1. The van der Waals surface area contributed by atoms with Crippen molar-refractivity contribution < 1.29 is 8.42 Å². The molecule has 0 radical (unpaired) electrons. The summed E-state index contributed by atoms with van der Waals surface area (Å²) in [6.07, 6.45) is 1.39. The minimum absolute atomic E-state index is 0.151. The van der Waals surface area contributed by atoms with E-state index in [1.165, 1.54) is 12.3 Å². The second-order valence-corrected chi connectivity index (χ2v) is 6.58. The largest absolute Gasteiger partial charge is 0.321 e. The van der Waals surface area contributed by atoms with Crippen LogP contribution in [-0.2, 0) is 10.0 Å². The Labute approximate surface area is 125 Å². The lowest BCUT2D eigenvalue weighted by Crippen LogP contribution is -2.19. The first-order valence-corrected chi connectivity index (χ1v) is 7.92. The summed E-state index contributed by atoms with van der Waals surface area (Å²) in [6, 6.07) is 8.46. The highest BCUT2D eigenvalue weighted by Crippen LogP contribution is 2.25. The lowest BCUT2D eigenvalue weighted by atomic mass is 10.2. The molecule has 0 unspecified atom stereocenters. The molecule has 20 heavy (non-hydrogen) atoms. The number of hydrazine groups is 1. The van der Waals surface area contributed by atoms with E-state index >= 15 is 0 Å². The molecule has 0 aliphatic rings. The fourth-order valence-corrected chi connectivity index (χ4v) is 3.20. The van der Waals surface area contributed by atoms with Crippen LogP contribution in [0.1, 0.15) is 5.56 Å². The van der Waals surface area contributed by atoms with Crippen LogP contribution in [0.5, 0.6) is 0 Å². The summed E-state index contributed by atoms with van der Waals surface area (Å²) in [7, 11) is -3.82. The topological polar surface area (TPSA) is 97.1 Å². The van der Waals surface area contributed by atoms with Crippen LogP contribution in [0.25, 0.3) is 0 Å². The molecule has 0 fully saturated rings. The van der Waals surface area contributed by atoms with Crippen molar-refractivity contribution in [1.29, 1.82) is 0 Å². The first-order valence-electron chi connectivity index (χ1n) is 5.64. The number of benzene rings is 1. The summed E-state index contributed by atoms with van der Waals surface area (Å²) >= 11 is 3.31. The van der Waals surface area contributed by atoms with Crippen LogP contribution in [0.2, 0.25) is 0 Å². The standard InChI is InChI=1S/C12H13BrN4O2S/c1-8-4-5-9(13)7-11(8)17-20(18,19)12-10(16-14)3-2-6-15-12/h2-7,16-17H,14H2,1H3. The normalized spacial score (nSPS) is 11.2. The predicted octanol–water partition coefficient (Wildman–Crippen LogP) is 2.24. The van der Waals surface area contributed by atoms with Gasteiger partial charge in [-0.15, -0.1) is 0 Å². The molecule has 0 saturated heterocycles. The number of hydrogen-bond acceptors (Lipinski definition) is 5. The molecule has 2 rings (SSSR count). The maximum Gasteiger partial charge on any atom is 0.281 e. The fraction of sp³-hybridized carbons (Fsp3) is 0.0833. The van der Waals surface area contributed by atoms with Gasteiger partial charge in [0.1, 0.15) is 0 Å². The number of nitrogen functional groups attached to an aromatic ring is 1. The maximum absolute atomic E-state index is 12.4. The van der Waals surface area contributed by atoms with Crippen LogP contribution in [0, 0.1) is 6.92 Å². The molecule has 0 amide bonds. The van der Waals surface area contributed by atoms with Crippen molar-refractivity contribution in [2.24, 2.45) is 5.84 Å². The monoisotopic (exact) mass is 356 g/mol. The van der Waals surface area contributed by atoms with Gasteiger partial charge in [0.05, 0.1) is 11.4 Å². The molecular weight excluding hydrogens is 344 g/mol. The Hall–Kier alpha value is -1.64. The number of nitrogens with two attached hydrogens (primary N) is 1. The number of pyridine rings is 1. The summed E-state index contributed by atoms with van der Waals surface area (Å²) in [4.78, 5) is 3.86. The molecule has 0 spiro atoms. The van der Waals surface area contributed by atoms with Crippen molar-refractivity contribution in [3.05, 3.63) is 46.6 Å². The fourth-order valence-electron chi connectivity index (χ4n) is 1.61. The highest BCUT2D eigenvalue weighted by atomic mass is 79.9. The van der Waals surface area contributed by atoms with E-state index in [-0.39, 0.29) is 10.7 Å². The molecule has 106 valence electrons. The Bertz CT molecular complexity index is 734. The summed E-state index contributed by atoms with van der Waals surface area (Å²) in [5, 5.41) is -0.151. The first kappa shape index (κ1) is 14.8. The molecule has 1 aromatic carbocycles. The van der Waals surface area contributed by atoms with E-state index in [4.69, 9.17) is 5.84 Å². The first-order chi connectivity index (χ1) is 9.44. The van der Waals surface area contributed by atoms with Crippen molar-refractivity contribution in [1.82, 2.24) is 4.98 Å². The van der Waals surface area contributed by atoms with Crippen LogP contribution < -0.4 is 16.0 Å². The van der Waals surface area contributed by atoms with Crippen LogP contribution in [0.15, 0.2) is 46.0 Å². The van der Waals surface area contributed by atoms with Crippen molar-refractivity contribution in [3.63, 3.8) is 0 Å². The predicted molar refractivity (Wildman–Crippen MR) is 81.7 cm³/mol. The lowest BCUT2D eigenvalue weighted by Gasteiger charge is -2.12. The van der Waals surface area contributed by atoms with Crippen LogP contribution >= 0.6 is 15.9 Å². The van der Waals surface area contributed by atoms with Crippen molar-refractivity contribution in [2.45, 2.75) is 11.9 Å². The number of rotatable bonds is 4. The van der Waals surface area contributed by atoms with Gasteiger partial charge in [-0.25, -0.2) is 4.98 Å². The maximum atomic E-state index is 12.4. The zero-order valence-corrected chi connectivity index (χ0v) is 13.0. The molecule has 1 heterocycles. The molecule has 1 aromatic heterocycles. The number of nitrogens with one attached hydrogen (secondary N) is 2. The Morgan fingerprint density at radius 2 is 2.00 bits per heavy atom. The quantitative estimate of drug-likeness (QED) is 0.576. The van der Waals surface area contributed by atoms with Gasteiger partial charge in [-0.1, -0.05) is 22.0 Å². The molecular formula is C12H13BrN4O2S. The third-order valence-electron chi connectivity index (χ3n) is 2.63. The molecule has 6 nitrogen and oxygen atoms in total. The van der Waals surface area contributed by atoms with Crippen LogP contribution in [-0.4, -0.2) is 13.4 Å². The van der Waals surface area contributed by atoms with Gasteiger partial charge in [-0.3, -0.25) is 10.6 Å². The average Bonchev–Trinajstić information content (AvgIpc) is 2.42. The lowest BCUT2D eigenvalue weighted by molar-refractivity contribution is 0.598. The molecule has 8 heteroatoms. The van der Waals surface area contributed by atoms with Gasteiger partial charge in [-0.05, 0) is 36.8 Å². The number of halogens is 1.